The van der Waals surface area contributed by atoms with Crippen LogP contribution in [-0.2, 0) is 17.7 Å². The number of hydrogen-bond acceptors (Lipinski definition) is 6. The summed E-state index contributed by atoms with van der Waals surface area (Å²) in [5.74, 6) is 1.10. The van der Waals surface area contributed by atoms with Gasteiger partial charge < -0.3 is 14.8 Å². The molecule has 4 rings (SSSR count). The number of fused-ring (bicyclic) bond motifs is 1. The molecule has 6 heteroatoms. The number of rotatable bonds is 5. The molecule has 6 nitrogen and oxygen atoms in total. The van der Waals surface area contributed by atoms with Crippen molar-refractivity contribution >= 4 is 11.8 Å². The Morgan fingerprint density at radius 1 is 1.07 bits per heavy atom. The van der Waals surface area contributed by atoms with Gasteiger partial charge >= 0.3 is 5.97 Å². The van der Waals surface area contributed by atoms with Gasteiger partial charge in [-0.2, -0.15) is 0 Å². The van der Waals surface area contributed by atoms with Crippen molar-refractivity contribution in [1.29, 1.82) is 0 Å². The highest BCUT2D eigenvalue weighted by molar-refractivity contribution is 5.86. The number of nitrogens with zero attached hydrogens (tertiary/aromatic N) is 2. The fraction of sp³-hybridized carbons (Fsp3) is 0.190. The van der Waals surface area contributed by atoms with Crippen LogP contribution in [0, 0.1) is 0 Å². The van der Waals surface area contributed by atoms with E-state index < -0.39 is 5.97 Å². The van der Waals surface area contributed by atoms with Gasteiger partial charge in [0, 0.05) is 13.0 Å². The van der Waals surface area contributed by atoms with Crippen molar-refractivity contribution in [3.8, 4) is 16.9 Å². The van der Waals surface area contributed by atoms with Crippen LogP contribution in [-0.4, -0.2) is 29.9 Å². The van der Waals surface area contributed by atoms with Crippen LogP contribution in [0.5, 0.6) is 5.75 Å². The van der Waals surface area contributed by atoms with Crippen LogP contribution in [0.15, 0.2) is 54.6 Å². The predicted octanol–water partition coefficient (Wildman–Crippen LogP) is 3.48. The summed E-state index contributed by atoms with van der Waals surface area (Å²) < 4.78 is 10.2. The summed E-state index contributed by atoms with van der Waals surface area (Å²) in [4.78, 5) is 11.4. The van der Waals surface area contributed by atoms with E-state index in [0.29, 0.717) is 12.4 Å². The molecule has 0 unspecified atom stereocenters. The summed E-state index contributed by atoms with van der Waals surface area (Å²) in [5.41, 5.74) is 4.96. The van der Waals surface area contributed by atoms with Crippen LogP contribution >= 0.6 is 0 Å². The van der Waals surface area contributed by atoms with E-state index in [2.05, 4.69) is 56.6 Å². The van der Waals surface area contributed by atoms with E-state index in [1.54, 1.807) is 12.1 Å². The minimum absolute atomic E-state index is 0.187. The lowest BCUT2D eigenvalue weighted by Crippen LogP contribution is -2.08. The van der Waals surface area contributed by atoms with Gasteiger partial charge in [-0.1, -0.05) is 30.3 Å². The van der Waals surface area contributed by atoms with Crippen LogP contribution in [0.25, 0.3) is 11.1 Å². The van der Waals surface area contributed by atoms with Gasteiger partial charge in [-0.05, 0) is 46.5 Å². The first-order chi connectivity index (χ1) is 13.2. The quantitative estimate of drug-likeness (QED) is 0.702. The molecule has 27 heavy (non-hydrogen) atoms. The van der Waals surface area contributed by atoms with Gasteiger partial charge in [0.2, 0.25) is 0 Å². The maximum absolute atomic E-state index is 11.4. The highest BCUT2D eigenvalue weighted by atomic mass is 16.5. The standard InChI is InChI=1S/C21H19N3O3/c1-26-21(25)18-7-9-20(24-23-18)22-13-14-2-4-15(5-3-14)16-6-8-19-17(12-16)10-11-27-19/h2-9,12H,10-11,13H2,1H3,(H,22,24). The molecule has 136 valence electrons. The molecular weight excluding hydrogens is 342 g/mol. The third-order valence-electron chi connectivity index (χ3n) is 4.51. The van der Waals surface area contributed by atoms with Crippen molar-refractivity contribution in [2.45, 2.75) is 13.0 Å². The molecule has 0 spiro atoms. The van der Waals surface area contributed by atoms with Crippen LogP contribution in [0.4, 0.5) is 5.82 Å². The zero-order chi connectivity index (χ0) is 18.6. The number of carbonyl (C=O) groups is 1. The smallest absolute Gasteiger partial charge is 0.358 e. The first-order valence-electron chi connectivity index (χ1n) is 8.74. The van der Waals surface area contributed by atoms with Gasteiger partial charge in [0.15, 0.2) is 5.69 Å². The number of esters is 1. The Labute approximate surface area is 157 Å². The van der Waals surface area contributed by atoms with Gasteiger partial charge in [0.05, 0.1) is 13.7 Å². The minimum atomic E-state index is -0.497. The Kier molecular flexibility index (Phi) is 4.70. The van der Waals surface area contributed by atoms with Gasteiger partial charge in [-0.3, -0.25) is 0 Å². The van der Waals surface area contributed by atoms with E-state index in [1.807, 2.05) is 6.07 Å². The summed E-state index contributed by atoms with van der Waals surface area (Å²) in [6.45, 7) is 1.39. The van der Waals surface area contributed by atoms with Gasteiger partial charge in [0.1, 0.15) is 11.6 Å². The van der Waals surface area contributed by atoms with E-state index in [4.69, 9.17) is 4.74 Å². The molecule has 0 atom stereocenters. The summed E-state index contributed by atoms with van der Waals surface area (Å²) in [5, 5.41) is 11.0. The third-order valence-corrected chi connectivity index (χ3v) is 4.51. The van der Waals surface area contributed by atoms with Crippen molar-refractivity contribution in [2.24, 2.45) is 0 Å². The molecule has 1 N–H and O–H groups in total. The number of hydrogen-bond donors (Lipinski definition) is 1. The third kappa shape index (κ3) is 3.74. The molecule has 1 aromatic heterocycles. The number of methoxy groups -OCH3 is 1. The molecule has 0 radical (unpaired) electrons. The zero-order valence-corrected chi connectivity index (χ0v) is 14.9. The first-order valence-corrected chi connectivity index (χ1v) is 8.74. The second kappa shape index (κ2) is 7.45. The molecule has 2 aromatic carbocycles. The second-order valence-electron chi connectivity index (χ2n) is 6.27. The Balaban J connectivity index is 1.40. The molecule has 0 amide bonds. The Morgan fingerprint density at radius 2 is 1.89 bits per heavy atom. The molecule has 1 aliphatic heterocycles. The maximum atomic E-state index is 11.4. The lowest BCUT2D eigenvalue weighted by atomic mass is 10.0. The Bertz CT molecular complexity index is 953. The SMILES string of the molecule is COC(=O)c1ccc(NCc2ccc(-c3ccc4c(c3)CCO4)cc2)nn1. The largest absolute Gasteiger partial charge is 0.493 e. The predicted molar refractivity (Wildman–Crippen MR) is 102 cm³/mol. The molecule has 1 aliphatic rings. The van der Waals surface area contributed by atoms with Crippen molar-refractivity contribution in [3.05, 3.63) is 71.4 Å². The fourth-order valence-corrected chi connectivity index (χ4v) is 3.01. The summed E-state index contributed by atoms with van der Waals surface area (Å²) >= 11 is 0. The average Bonchev–Trinajstić information content (AvgIpc) is 3.20. The molecule has 0 bridgehead atoms. The molecule has 0 fully saturated rings. The van der Waals surface area contributed by atoms with Crippen molar-refractivity contribution < 1.29 is 14.3 Å². The minimum Gasteiger partial charge on any atom is -0.493 e. The van der Waals surface area contributed by atoms with Crippen molar-refractivity contribution in [1.82, 2.24) is 10.2 Å². The normalized spacial score (nSPS) is 12.2. The van der Waals surface area contributed by atoms with Crippen LogP contribution in [0.2, 0.25) is 0 Å². The lowest BCUT2D eigenvalue weighted by Gasteiger charge is -2.08. The highest BCUT2D eigenvalue weighted by Gasteiger charge is 2.12. The lowest BCUT2D eigenvalue weighted by molar-refractivity contribution is 0.0592. The van der Waals surface area contributed by atoms with Gasteiger partial charge in [0.25, 0.3) is 0 Å². The highest BCUT2D eigenvalue weighted by Crippen LogP contribution is 2.30. The Morgan fingerprint density at radius 3 is 2.63 bits per heavy atom. The molecule has 0 aliphatic carbocycles. The van der Waals surface area contributed by atoms with E-state index in [-0.39, 0.29) is 5.69 Å². The number of carbonyl (C=O) groups excluding carboxylic acids is 1. The molecular formula is C21H19N3O3. The van der Waals surface area contributed by atoms with Crippen molar-refractivity contribution in [2.75, 3.05) is 19.0 Å². The first kappa shape index (κ1) is 17.0. The average molecular weight is 361 g/mol. The van der Waals surface area contributed by atoms with Crippen LogP contribution < -0.4 is 10.1 Å². The van der Waals surface area contributed by atoms with Crippen LogP contribution in [0.3, 0.4) is 0 Å². The number of aromatic nitrogens is 2. The van der Waals surface area contributed by atoms with Gasteiger partial charge in [-0.25, -0.2) is 4.79 Å². The molecule has 2 heterocycles. The zero-order valence-electron chi connectivity index (χ0n) is 14.9. The summed E-state index contributed by atoms with van der Waals surface area (Å²) in [7, 11) is 1.32. The second-order valence-corrected chi connectivity index (χ2v) is 6.27. The number of ether oxygens (including phenoxy) is 2. The topological polar surface area (TPSA) is 73.3 Å². The fourth-order valence-electron chi connectivity index (χ4n) is 3.01. The Hall–Kier alpha value is -3.41. The number of nitrogens with one attached hydrogen (secondary N) is 1. The monoisotopic (exact) mass is 361 g/mol. The van der Waals surface area contributed by atoms with E-state index in [0.717, 1.165) is 24.3 Å². The molecule has 0 saturated carbocycles. The number of anilines is 1. The summed E-state index contributed by atoms with van der Waals surface area (Å²) in [6, 6.07) is 18.0. The maximum Gasteiger partial charge on any atom is 0.358 e. The van der Waals surface area contributed by atoms with E-state index >= 15 is 0 Å². The van der Waals surface area contributed by atoms with Crippen molar-refractivity contribution in [3.63, 3.8) is 0 Å². The molecule has 0 saturated heterocycles. The number of benzene rings is 2. The van der Waals surface area contributed by atoms with E-state index in [1.165, 1.54) is 23.8 Å². The summed E-state index contributed by atoms with van der Waals surface area (Å²) in [6.07, 6.45) is 0.973. The molecule has 3 aromatic rings. The van der Waals surface area contributed by atoms with E-state index in [9.17, 15) is 4.79 Å². The van der Waals surface area contributed by atoms with Gasteiger partial charge in [-0.15, -0.1) is 10.2 Å². The van der Waals surface area contributed by atoms with Crippen LogP contribution in [0.1, 0.15) is 21.6 Å².